The highest BCUT2D eigenvalue weighted by Gasteiger charge is 2.21. The molecule has 0 saturated carbocycles. The number of halogens is 1. The maximum Gasteiger partial charge on any atom is 0.176 e. The Bertz CT molecular complexity index is 704. The third-order valence-corrected chi connectivity index (χ3v) is 4.20. The number of hydrogen-bond donors (Lipinski definition) is 0. The number of sulfone groups is 1. The van der Waals surface area contributed by atoms with Crippen LogP contribution in [0.3, 0.4) is 0 Å². The predicted octanol–water partition coefficient (Wildman–Crippen LogP) is 3.02. The zero-order valence-corrected chi connectivity index (χ0v) is 11.8. The second kappa shape index (κ2) is 4.40. The van der Waals surface area contributed by atoms with Crippen LogP contribution in [0, 0.1) is 13.8 Å². The molecule has 0 bridgehead atoms. The summed E-state index contributed by atoms with van der Waals surface area (Å²) in [6.07, 6.45) is 1.14. The molecule has 0 aliphatic carbocycles. The van der Waals surface area contributed by atoms with Crippen molar-refractivity contribution in [3.8, 4) is 11.3 Å². The summed E-state index contributed by atoms with van der Waals surface area (Å²) >= 11 is 6.20. The van der Waals surface area contributed by atoms with Crippen molar-refractivity contribution >= 4 is 21.4 Å². The lowest BCUT2D eigenvalue weighted by Gasteiger charge is -2.09. The van der Waals surface area contributed by atoms with E-state index in [1.807, 2.05) is 0 Å². The lowest BCUT2D eigenvalue weighted by atomic mass is 10.1. The lowest BCUT2D eigenvalue weighted by Crippen LogP contribution is -2.01. The van der Waals surface area contributed by atoms with Crippen LogP contribution in [-0.2, 0) is 9.84 Å². The van der Waals surface area contributed by atoms with Crippen LogP contribution in [0.4, 0.5) is 0 Å². The minimum atomic E-state index is -3.38. The van der Waals surface area contributed by atoms with Crippen molar-refractivity contribution in [2.75, 3.05) is 6.26 Å². The predicted molar refractivity (Wildman–Crippen MR) is 69.5 cm³/mol. The number of hydrogen-bond acceptors (Lipinski definition) is 4. The summed E-state index contributed by atoms with van der Waals surface area (Å²) in [6.45, 7) is 3.57. The fourth-order valence-corrected chi connectivity index (χ4v) is 2.89. The van der Waals surface area contributed by atoms with Crippen LogP contribution in [0.15, 0.2) is 27.6 Å². The first-order valence-electron chi connectivity index (χ1n) is 5.23. The first-order valence-corrected chi connectivity index (χ1v) is 7.50. The van der Waals surface area contributed by atoms with Gasteiger partial charge in [-0.1, -0.05) is 22.8 Å². The molecule has 1 aromatic heterocycles. The zero-order chi connectivity index (χ0) is 13.5. The number of aryl methyl sites for hydroxylation is 2. The van der Waals surface area contributed by atoms with Crippen LogP contribution >= 0.6 is 11.6 Å². The van der Waals surface area contributed by atoms with Crippen LogP contribution in [0.2, 0.25) is 5.02 Å². The van der Waals surface area contributed by atoms with Crippen molar-refractivity contribution in [3.63, 3.8) is 0 Å². The average molecular weight is 286 g/mol. The standard InChI is InChI=1S/C12H12ClNO3S/c1-7-4-5-10(18(3,15)16)11(12(7)13)9-6-8(2)14-17-9/h4-6H,1-3H3. The van der Waals surface area contributed by atoms with E-state index in [0.29, 0.717) is 22.0 Å². The van der Waals surface area contributed by atoms with Crippen LogP contribution in [-0.4, -0.2) is 19.8 Å². The maximum atomic E-state index is 11.8. The largest absolute Gasteiger partial charge is 0.356 e. The molecule has 0 unspecified atom stereocenters. The SMILES string of the molecule is Cc1cc(-c2c(S(C)(=O)=O)ccc(C)c2Cl)on1. The molecule has 18 heavy (non-hydrogen) atoms. The molecule has 0 amide bonds. The molecule has 0 radical (unpaired) electrons. The van der Waals surface area contributed by atoms with Gasteiger partial charge in [0.05, 0.1) is 21.2 Å². The van der Waals surface area contributed by atoms with Gasteiger partial charge in [0, 0.05) is 12.3 Å². The zero-order valence-electron chi connectivity index (χ0n) is 10.2. The van der Waals surface area contributed by atoms with E-state index < -0.39 is 9.84 Å². The molecule has 4 nitrogen and oxygen atoms in total. The summed E-state index contributed by atoms with van der Waals surface area (Å²) in [7, 11) is -3.38. The highest BCUT2D eigenvalue weighted by molar-refractivity contribution is 7.90. The normalized spacial score (nSPS) is 11.8. The Kier molecular flexibility index (Phi) is 3.21. The van der Waals surface area contributed by atoms with Crippen molar-refractivity contribution in [2.45, 2.75) is 18.7 Å². The summed E-state index contributed by atoms with van der Waals surface area (Å²) in [5.74, 6) is 0.363. The van der Waals surface area contributed by atoms with Gasteiger partial charge in [0.15, 0.2) is 15.6 Å². The van der Waals surface area contributed by atoms with Crippen molar-refractivity contribution in [1.82, 2.24) is 5.16 Å². The summed E-state index contributed by atoms with van der Waals surface area (Å²) < 4.78 is 28.7. The van der Waals surface area contributed by atoms with Gasteiger partial charge in [0.25, 0.3) is 0 Å². The minimum Gasteiger partial charge on any atom is -0.356 e. The fraction of sp³-hybridized carbons (Fsp3) is 0.250. The van der Waals surface area contributed by atoms with Gasteiger partial charge in [0.2, 0.25) is 0 Å². The fourth-order valence-electron chi connectivity index (χ4n) is 1.68. The van der Waals surface area contributed by atoms with Crippen molar-refractivity contribution in [2.24, 2.45) is 0 Å². The second-order valence-electron chi connectivity index (χ2n) is 4.17. The monoisotopic (exact) mass is 285 g/mol. The molecule has 0 spiro atoms. The van der Waals surface area contributed by atoms with Gasteiger partial charge >= 0.3 is 0 Å². The van der Waals surface area contributed by atoms with Crippen LogP contribution in [0.25, 0.3) is 11.3 Å². The molecule has 6 heteroatoms. The second-order valence-corrected chi connectivity index (χ2v) is 6.54. The quantitative estimate of drug-likeness (QED) is 0.851. The Labute approximate surface area is 110 Å². The Balaban J connectivity index is 2.82. The van der Waals surface area contributed by atoms with Crippen molar-refractivity contribution in [1.29, 1.82) is 0 Å². The number of nitrogens with zero attached hydrogens (tertiary/aromatic N) is 1. The first kappa shape index (κ1) is 13.1. The van der Waals surface area contributed by atoms with E-state index in [1.165, 1.54) is 6.07 Å². The van der Waals surface area contributed by atoms with Gasteiger partial charge in [-0.2, -0.15) is 0 Å². The molecule has 96 valence electrons. The third-order valence-electron chi connectivity index (χ3n) is 2.57. The van der Waals surface area contributed by atoms with E-state index in [0.717, 1.165) is 11.8 Å². The van der Waals surface area contributed by atoms with Crippen molar-refractivity contribution in [3.05, 3.63) is 34.5 Å². The van der Waals surface area contributed by atoms with E-state index >= 15 is 0 Å². The van der Waals surface area contributed by atoms with Gasteiger partial charge in [0.1, 0.15) is 0 Å². The Morgan fingerprint density at radius 1 is 1.28 bits per heavy atom. The Hall–Kier alpha value is -1.33. The van der Waals surface area contributed by atoms with Gasteiger partial charge in [-0.15, -0.1) is 0 Å². The average Bonchev–Trinajstić information content (AvgIpc) is 2.66. The van der Waals surface area contributed by atoms with Crippen LogP contribution in [0.5, 0.6) is 0 Å². The molecule has 0 aliphatic heterocycles. The summed E-state index contributed by atoms with van der Waals surface area (Å²) in [4.78, 5) is 0.147. The van der Waals surface area contributed by atoms with Gasteiger partial charge in [-0.3, -0.25) is 0 Å². The summed E-state index contributed by atoms with van der Waals surface area (Å²) in [5, 5.41) is 4.13. The Morgan fingerprint density at radius 3 is 2.44 bits per heavy atom. The summed E-state index contributed by atoms with van der Waals surface area (Å²) in [5.41, 5.74) is 1.83. The third kappa shape index (κ3) is 2.28. The van der Waals surface area contributed by atoms with Crippen LogP contribution < -0.4 is 0 Å². The molecule has 0 atom stereocenters. The molecular weight excluding hydrogens is 274 g/mol. The van der Waals surface area contributed by atoms with E-state index in [4.69, 9.17) is 16.1 Å². The van der Waals surface area contributed by atoms with Gasteiger partial charge in [-0.05, 0) is 25.5 Å². The number of rotatable bonds is 2. The molecule has 2 rings (SSSR count). The molecule has 0 aliphatic rings. The molecule has 0 fully saturated rings. The molecule has 0 N–H and O–H groups in total. The maximum absolute atomic E-state index is 11.8. The summed E-state index contributed by atoms with van der Waals surface area (Å²) in [6, 6.07) is 4.87. The highest BCUT2D eigenvalue weighted by atomic mass is 35.5. The molecular formula is C12H12ClNO3S. The molecule has 1 heterocycles. The number of aromatic nitrogens is 1. The molecule has 1 aromatic carbocycles. The van der Waals surface area contributed by atoms with Gasteiger partial charge < -0.3 is 4.52 Å². The van der Waals surface area contributed by atoms with Crippen LogP contribution in [0.1, 0.15) is 11.3 Å². The smallest absolute Gasteiger partial charge is 0.176 e. The topological polar surface area (TPSA) is 60.2 Å². The van der Waals surface area contributed by atoms with Gasteiger partial charge in [-0.25, -0.2) is 8.42 Å². The lowest BCUT2D eigenvalue weighted by molar-refractivity contribution is 0.426. The van der Waals surface area contributed by atoms with E-state index in [9.17, 15) is 8.42 Å². The van der Waals surface area contributed by atoms with E-state index in [2.05, 4.69) is 5.16 Å². The van der Waals surface area contributed by atoms with E-state index in [-0.39, 0.29) is 4.90 Å². The number of benzene rings is 1. The highest BCUT2D eigenvalue weighted by Crippen LogP contribution is 2.36. The minimum absolute atomic E-state index is 0.147. The first-order chi connectivity index (χ1) is 8.30. The molecule has 2 aromatic rings. The van der Waals surface area contributed by atoms with E-state index in [1.54, 1.807) is 26.0 Å². The van der Waals surface area contributed by atoms with Crippen molar-refractivity contribution < 1.29 is 12.9 Å². The Morgan fingerprint density at radius 2 is 1.94 bits per heavy atom. The molecule has 0 saturated heterocycles.